The van der Waals surface area contributed by atoms with Crippen molar-refractivity contribution in [2.24, 2.45) is 5.16 Å². The highest BCUT2D eigenvalue weighted by Gasteiger charge is 2.12. The Kier molecular flexibility index (Phi) is 3.22. The first kappa shape index (κ1) is 10.4. The van der Waals surface area contributed by atoms with E-state index in [2.05, 4.69) is 21.1 Å². The highest BCUT2D eigenvalue weighted by Crippen LogP contribution is 2.21. The van der Waals surface area contributed by atoms with Crippen molar-refractivity contribution in [3.63, 3.8) is 0 Å². The van der Waals surface area contributed by atoms with E-state index in [-0.39, 0.29) is 10.0 Å². The van der Waals surface area contributed by atoms with E-state index in [1.54, 1.807) is 0 Å². The molecule has 0 saturated heterocycles. The van der Waals surface area contributed by atoms with Crippen LogP contribution in [0.5, 0.6) is 0 Å². The smallest absolute Gasteiger partial charge is 0.178 e. The molecular formula is C7H3BrClF2NO. The number of hydrogen-bond donors (Lipinski definition) is 1. The molecule has 0 bridgehead atoms. The molecule has 0 aliphatic rings. The van der Waals surface area contributed by atoms with E-state index < -0.39 is 16.8 Å². The van der Waals surface area contributed by atoms with Crippen LogP contribution in [0.25, 0.3) is 0 Å². The molecule has 2 nitrogen and oxygen atoms in total. The second-order valence-corrected chi connectivity index (χ2v) is 3.35. The van der Waals surface area contributed by atoms with Crippen molar-refractivity contribution >= 4 is 32.7 Å². The Balaban J connectivity index is 3.32. The highest BCUT2D eigenvalue weighted by molar-refractivity contribution is 9.10. The third kappa shape index (κ3) is 2.16. The van der Waals surface area contributed by atoms with E-state index >= 15 is 0 Å². The Bertz CT molecular complexity index is 370. The summed E-state index contributed by atoms with van der Waals surface area (Å²) in [5.41, 5.74) is -0.287. The third-order valence-corrected chi connectivity index (χ3v) is 2.21. The zero-order valence-electron chi connectivity index (χ0n) is 6.06. The molecule has 0 unspecified atom stereocenters. The van der Waals surface area contributed by atoms with Gasteiger partial charge in [0.05, 0.1) is 10.0 Å². The fraction of sp³-hybridized carbons (Fsp3) is 0. The monoisotopic (exact) mass is 269 g/mol. The molecule has 0 heterocycles. The quantitative estimate of drug-likeness (QED) is 0.362. The molecule has 0 aromatic heterocycles. The van der Waals surface area contributed by atoms with Crippen molar-refractivity contribution < 1.29 is 14.0 Å². The van der Waals surface area contributed by atoms with Crippen LogP contribution < -0.4 is 0 Å². The summed E-state index contributed by atoms with van der Waals surface area (Å²) in [5.74, 6) is -1.45. The van der Waals surface area contributed by atoms with E-state index in [0.29, 0.717) is 0 Å². The van der Waals surface area contributed by atoms with Gasteiger partial charge in [-0.05, 0) is 28.1 Å². The Morgan fingerprint density at radius 2 is 2.00 bits per heavy atom. The van der Waals surface area contributed by atoms with Gasteiger partial charge in [0.25, 0.3) is 0 Å². The molecule has 0 radical (unpaired) electrons. The topological polar surface area (TPSA) is 32.6 Å². The molecule has 1 N–H and O–H groups in total. The fourth-order valence-electron chi connectivity index (χ4n) is 0.735. The van der Waals surface area contributed by atoms with Gasteiger partial charge in [-0.1, -0.05) is 16.8 Å². The summed E-state index contributed by atoms with van der Waals surface area (Å²) in [7, 11) is 0. The number of halogens is 4. The molecular weight excluding hydrogens is 267 g/mol. The minimum Gasteiger partial charge on any atom is -0.410 e. The predicted octanol–water partition coefficient (Wildman–Crippen LogP) is 3.10. The zero-order valence-corrected chi connectivity index (χ0v) is 8.40. The summed E-state index contributed by atoms with van der Waals surface area (Å²) in [6, 6.07) is 1.74. The molecule has 1 rings (SSSR count). The maximum Gasteiger partial charge on any atom is 0.178 e. The van der Waals surface area contributed by atoms with Crippen molar-refractivity contribution in [2.75, 3.05) is 0 Å². The Hall–Kier alpha value is -0.680. The summed E-state index contributed by atoms with van der Waals surface area (Å²) in [5, 5.41) is 10.3. The van der Waals surface area contributed by atoms with Crippen LogP contribution in [-0.2, 0) is 0 Å². The predicted molar refractivity (Wildman–Crippen MR) is 48.2 cm³/mol. The van der Waals surface area contributed by atoms with Gasteiger partial charge in [0.15, 0.2) is 5.17 Å². The first-order chi connectivity index (χ1) is 6.06. The van der Waals surface area contributed by atoms with Gasteiger partial charge in [-0.2, -0.15) is 0 Å². The molecule has 1 aromatic rings. The van der Waals surface area contributed by atoms with Crippen LogP contribution in [0.1, 0.15) is 5.56 Å². The second-order valence-electron chi connectivity index (χ2n) is 2.14. The molecule has 0 atom stereocenters. The van der Waals surface area contributed by atoms with Crippen molar-refractivity contribution in [1.29, 1.82) is 0 Å². The number of oxime groups is 1. The molecule has 0 aliphatic heterocycles. The second kappa shape index (κ2) is 4.02. The summed E-state index contributed by atoms with van der Waals surface area (Å²) < 4.78 is 25.8. The van der Waals surface area contributed by atoms with Gasteiger partial charge in [-0.3, -0.25) is 0 Å². The van der Waals surface area contributed by atoms with Gasteiger partial charge in [-0.25, -0.2) is 8.78 Å². The van der Waals surface area contributed by atoms with Crippen LogP contribution in [0, 0.1) is 11.6 Å². The normalized spacial score (nSPS) is 11.8. The SMILES string of the molecule is ON=C(Cl)c1cc(F)c(Br)cc1F. The van der Waals surface area contributed by atoms with Gasteiger partial charge in [0.2, 0.25) is 0 Å². The van der Waals surface area contributed by atoms with E-state index in [1.165, 1.54) is 0 Å². The van der Waals surface area contributed by atoms with Crippen LogP contribution in [-0.4, -0.2) is 10.4 Å². The minimum absolute atomic E-state index is 0.0174. The molecule has 6 heteroatoms. The lowest BCUT2D eigenvalue weighted by Crippen LogP contribution is -1.97. The Labute approximate surface area is 85.9 Å². The number of nitrogens with zero attached hydrogens (tertiary/aromatic N) is 1. The van der Waals surface area contributed by atoms with E-state index in [0.717, 1.165) is 12.1 Å². The minimum atomic E-state index is -0.768. The summed E-state index contributed by atoms with van der Waals surface area (Å²) in [6.45, 7) is 0. The van der Waals surface area contributed by atoms with E-state index in [9.17, 15) is 8.78 Å². The van der Waals surface area contributed by atoms with Gasteiger partial charge >= 0.3 is 0 Å². The third-order valence-electron chi connectivity index (χ3n) is 1.32. The number of benzene rings is 1. The molecule has 0 aliphatic carbocycles. The van der Waals surface area contributed by atoms with E-state index in [4.69, 9.17) is 16.8 Å². The summed E-state index contributed by atoms with van der Waals surface area (Å²) >= 11 is 8.09. The van der Waals surface area contributed by atoms with Crippen LogP contribution in [0.15, 0.2) is 21.8 Å². The van der Waals surface area contributed by atoms with Crippen molar-refractivity contribution in [1.82, 2.24) is 0 Å². The van der Waals surface area contributed by atoms with Crippen molar-refractivity contribution in [3.05, 3.63) is 33.8 Å². The van der Waals surface area contributed by atoms with Crippen LogP contribution in [0.4, 0.5) is 8.78 Å². The van der Waals surface area contributed by atoms with Crippen LogP contribution in [0.2, 0.25) is 0 Å². The highest BCUT2D eigenvalue weighted by atomic mass is 79.9. The first-order valence-electron chi connectivity index (χ1n) is 3.08. The van der Waals surface area contributed by atoms with Crippen molar-refractivity contribution in [2.45, 2.75) is 0 Å². The molecule has 70 valence electrons. The number of hydrogen-bond acceptors (Lipinski definition) is 2. The summed E-state index contributed by atoms with van der Waals surface area (Å²) in [6.07, 6.45) is 0. The van der Waals surface area contributed by atoms with E-state index in [1.807, 2.05) is 0 Å². The van der Waals surface area contributed by atoms with Crippen molar-refractivity contribution in [3.8, 4) is 0 Å². The molecule has 13 heavy (non-hydrogen) atoms. The van der Waals surface area contributed by atoms with Gasteiger partial charge in [0.1, 0.15) is 11.6 Å². The van der Waals surface area contributed by atoms with Gasteiger partial charge in [-0.15, -0.1) is 0 Å². The number of rotatable bonds is 1. The fourth-order valence-corrected chi connectivity index (χ4v) is 1.19. The van der Waals surface area contributed by atoms with Gasteiger partial charge in [0, 0.05) is 0 Å². The lowest BCUT2D eigenvalue weighted by Gasteiger charge is -2.00. The molecule has 0 spiro atoms. The largest absolute Gasteiger partial charge is 0.410 e. The lowest BCUT2D eigenvalue weighted by atomic mass is 10.2. The molecule has 1 aromatic carbocycles. The van der Waals surface area contributed by atoms with Gasteiger partial charge < -0.3 is 5.21 Å². The average Bonchev–Trinajstić information content (AvgIpc) is 2.10. The molecule has 0 fully saturated rings. The molecule has 0 amide bonds. The maximum absolute atomic E-state index is 13.0. The Morgan fingerprint density at radius 3 is 2.54 bits per heavy atom. The zero-order chi connectivity index (χ0) is 10.0. The molecule has 0 saturated carbocycles. The van der Waals surface area contributed by atoms with Crippen LogP contribution >= 0.6 is 27.5 Å². The Morgan fingerprint density at radius 1 is 1.38 bits per heavy atom. The summed E-state index contributed by atoms with van der Waals surface area (Å²) in [4.78, 5) is 0. The lowest BCUT2D eigenvalue weighted by molar-refractivity contribution is 0.320. The first-order valence-corrected chi connectivity index (χ1v) is 4.26. The average molecular weight is 270 g/mol. The standard InChI is InChI=1S/C7H3BrClF2NO/c8-4-2-5(10)3(1-6(4)11)7(9)12-13/h1-2,13H. The maximum atomic E-state index is 13.0. The van der Waals surface area contributed by atoms with Crippen LogP contribution in [0.3, 0.4) is 0 Å².